The zero-order valence-corrected chi connectivity index (χ0v) is 14.9. The number of hydrogen-bond donors (Lipinski definition) is 1. The standard InChI is InChI=1S/C22H28N2O/c25-22(24-14-7-12-23-13-15-24)18-21(16-19-8-3-1-4-9-19)17-20-10-5-2-6-11-20/h1-6,8-11,21,23H,7,12-18H2. The smallest absolute Gasteiger partial charge is 0.222 e. The highest BCUT2D eigenvalue weighted by Crippen LogP contribution is 2.19. The molecule has 3 rings (SSSR count). The molecule has 2 aromatic rings. The van der Waals surface area contributed by atoms with Crippen molar-refractivity contribution in [1.82, 2.24) is 10.2 Å². The molecule has 3 nitrogen and oxygen atoms in total. The topological polar surface area (TPSA) is 32.3 Å². The summed E-state index contributed by atoms with van der Waals surface area (Å²) in [4.78, 5) is 14.9. The summed E-state index contributed by atoms with van der Waals surface area (Å²) >= 11 is 0. The van der Waals surface area contributed by atoms with Crippen LogP contribution in [0.5, 0.6) is 0 Å². The van der Waals surface area contributed by atoms with Gasteiger partial charge in [-0.3, -0.25) is 4.79 Å². The van der Waals surface area contributed by atoms with Gasteiger partial charge in [0.05, 0.1) is 0 Å². The van der Waals surface area contributed by atoms with Crippen LogP contribution in [-0.4, -0.2) is 37.0 Å². The third-order valence-corrected chi connectivity index (χ3v) is 4.89. The maximum atomic E-state index is 12.8. The predicted molar refractivity (Wildman–Crippen MR) is 102 cm³/mol. The van der Waals surface area contributed by atoms with Gasteiger partial charge in [0.1, 0.15) is 0 Å². The normalized spacial score (nSPS) is 15.2. The van der Waals surface area contributed by atoms with Crippen LogP contribution >= 0.6 is 0 Å². The third-order valence-electron chi connectivity index (χ3n) is 4.89. The molecule has 0 spiro atoms. The molecular formula is C22H28N2O. The molecule has 25 heavy (non-hydrogen) atoms. The van der Waals surface area contributed by atoms with Gasteiger partial charge in [0, 0.05) is 26.1 Å². The van der Waals surface area contributed by atoms with E-state index in [1.165, 1.54) is 11.1 Å². The SMILES string of the molecule is O=C(CC(Cc1ccccc1)Cc1ccccc1)N1CCCNCC1. The van der Waals surface area contributed by atoms with Crippen LogP contribution in [-0.2, 0) is 17.6 Å². The van der Waals surface area contributed by atoms with Gasteiger partial charge in [0.25, 0.3) is 0 Å². The fourth-order valence-corrected chi connectivity index (χ4v) is 3.58. The number of carbonyl (C=O) groups excluding carboxylic acids is 1. The van der Waals surface area contributed by atoms with Gasteiger partial charge >= 0.3 is 0 Å². The molecule has 0 bridgehead atoms. The second-order valence-electron chi connectivity index (χ2n) is 6.93. The van der Waals surface area contributed by atoms with Crippen molar-refractivity contribution in [3.8, 4) is 0 Å². The van der Waals surface area contributed by atoms with Gasteiger partial charge in [-0.25, -0.2) is 0 Å². The number of amides is 1. The molecule has 2 aromatic carbocycles. The zero-order chi connectivity index (χ0) is 17.3. The van der Waals surface area contributed by atoms with Crippen molar-refractivity contribution in [2.24, 2.45) is 5.92 Å². The van der Waals surface area contributed by atoms with Gasteiger partial charge in [-0.05, 0) is 42.9 Å². The van der Waals surface area contributed by atoms with Crippen LogP contribution in [0, 0.1) is 5.92 Å². The molecule has 1 fully saturated rings. The molecule has 1 N–H and O–H groups in total. The fourth-order valence-electron chi connectivity index (χ4n) is 3.58. The average Bonchev–Trinajstić information content (AvgIpc) is 2.93. The lowest BCUT2D eigenvalue weighted by molar-refractivity contribution is -0.132. The molecule has 1 aliphatic rings. The van der Waals surface area contributed by atoms with E-state index in [1.807, 2.05) is 17.0 Å². The molecule has 3 heteroatoms. The van der Waals surface area contributed by atoms with Crippen LogP contribution < -0.4 is 5.32 Å². The Morgan fingerprint density at radius 3 is 2.08 bits per heavy atom. The number of nitrogens with zero attached hydrogens (tertiary/aromatic N) is 1. The Morgan fingerprint density at radius 1 is 0.880 bits per heavy atom. The Bertz CT molecular complexity index is 592. The van der Waals surface area contributed by atoms with Gasteiger partial charge < -0.3 is 10.2 Å². The summed E-state index contributed by atoms with van der Waals surface area (Å²) in [5.74, 6) is 0.647. The van der Waals surface area contributed by atoms with E-state index in [0.29, 0.717) is 18.2 Å². The number of carbonyl (C=O) groups is 1. The molecule has 1 amide bonds. The molecule has 0 unspecified atom stereocenters. The molecule has 1 heterocycles. The summed E-state index contributed by atoms with van der Waals surface area (Å²) in [6, 6.07) is 21.1. The van der Waals surface area contributed by atoms with Gasteiger partial charge in [-0.2, -0.15) is 0 Å². The highest BCUT2D eigenvalue weighted by atomic mass is 16.2. The van der Waals surface area contributed by atoms with Crippen molar-refractivity contribution in [2.75, 3.05) is 26.2 Å². The van der Waals surface area contributed by atoms with E-state index in [0.717, 1.165) is 45.4 Å². The van der Waals surface area contributed by atoms with Gasteiger partial charge in [-0.1, -0.05) is 60.7 Å². The van der Waals surface area contributed by atoms with E-state index in [-0.39, 0.29) is 0 Å². The van der Waals surface area contributed by atoms with E-state index in [2.05, 4.69) is 53.8 Å². The maximum absolute atomic E-state index is 12.8. The van der Waals surface area contributed by atoms with E-state index in [9.17, 15) is 4.79 Å². The monoisotopic (exact) mass is 336 g/mol. The van der Waals surface area contributed by atoms with Gasteiger partial charge in [0.15, 0.2) is 0 Å². The minimum Gasteiger partial charge on any atom is -0.341 e. The lowest BCUT2D eigenvalue weighted by atomic mass is 9.89. The van der Waals surface area contributed by atoms with Gasteiger partial charge in [-0.15, -0.1) is 0 Å². The Labute approximate surface area is 151 Å². The first-order chi connectivity index (χ1) is 12.3. The van der Waals surface area contributed by atoms with Crippen molar-refractivity contribution in [2.45, 2.75) is 25.7 Å². The largest absolute Gasteiger partial charge is 0.341 e. The molecule has 0 aliphatic carbocycles. The highest BCUT2D eigenvalue weighted by Gasteiger charge is 2.20. The molecule has 0 saturated carbocycles. The molecule has 1 saturated heterocycles. The first kappa shape index (κ1) is 17.7. The van der Waals surface area contributed by atoms with Crippen LogP contribution in [0.4, 0.5) is 0 Å². The van der Waals surface area contributed by atoms with E-state index in [4.69, 9.17) is 0 Å². The molecule has 132 valence electrons. The van der Waals surface area contributed by atoms with Crippen molar-refractivity contribution < 1.29 is 4.79 Å². The first-order valence-electron chi connectivity index (χ1n) is 9.37. The van der Waals surface area contributed by atoms with Crippen LogP contribution in [0.3, 0.4) is 0 Å². The summed E-state index contributed by atoms with van der Waals surface area (Å²) in [6.45, 7) is 3.65. The first-order valence-corrected chi connectivity index (χ1v) is 9.37. The number of nitrogens with one attached hydrogen (secondary N) is 1. The number of benzene rings is 2. The average molecular weight is 336 g/mol. The summed E-state index contributed by atoms with van der Waals surface area (Å²) in [5, 5.41) is 3.37. The summed E-state index contributed by atoms with van der Waals surface area (Å²) in [6.07, 6.45) is 3.58. The summed E-state index contributed by atoms with van der Waals surface area (Å²) in [7, 11) is 0. The van der Waals surface area contributed by atoms with Crippen LogP contribution in [0.1, 0.15) is 24.0 Å². The fraction of sp³-hybridized carbons (Fsp3) is 0.409. The summed E-state index contributed by atoms with van der Waals surface area (Å²) in [5.41, 5.74) is 2.63. The second-order valence-corrected chi connectivity index (χ2v) is 6.93. The van der Waals surface area contributed by atoms with Crippen molar-refractivity contribution in [1.29, 1.82) is 0 Å². The Kier molecular flexibility index (Phi) is 6.63. The Hall–Kier alpha value is -2.13. The van der Waals surface area contributed by atoms with E-state index < -0.39 is 0 Å². The van der Waals surface area contributed by atoms with Crippen LogP contribution in [0.25, 0.3) is 0 Å². The molecule has 0 aromatic heterocycles. The van der Waals surface area contributed by atoms with Crippen molar-refractivity contribution in [3.05, 3.63) is 71.8 Å². The summed E-state index contributed by atoms with van der Waals surface area (Å²) < 4.78 is 0. The third kappa shape index (κ3) is 5.71. The highest BCUT2D eigenvalue weighted by molar-refractivity contribution is 5.76. The predicted octanol–water partition coefficient (Wildman–Crippen LogP) is 3.30. The molecule has 0 atom stereocenters. The Morgan fingerprint density at radius 2 is 1.48 bits per heavy atom. The maximum Gasteiger partial charge on any atom is 0.222 e. The van der Waals surface area contributed by atoms with Crippen LogP contribution in [0.15, 0.2) is 60.7 Å². The van der Waals surface area contributed by atoms with E-state index in [1.54, 1.807) is 0 Å². The number of rotatable bonds is 6. The van der Waals surface area contributed by atoms with Gasteiger partial charge in [0.2, 0.25) is 5.91 Å². The minimum absolute atomic E-state index is 0.306. The van der Waals surface area contributed by atoms with Crippen LogP contribution in [0.2, 0.25) is 0 Å². The quantitative estimate of drug-likeness (QED) is 0.878. The Balaban J connectivity index is 1.67. The molecule has 1 aliphatic heterocycles. The van der Waals surface area contributed by atoms with Crippen molar-refractivity contribution in [3.63, 3.8) is 0 Å². The molecular weight excluding hydrogens is 308 g/mol. The molecule has 0 radical (unpaired) electrons. The lowest BCUT2D eigenvalue weighted by Crippen LogP contribution is -2.35. The zero-order valence-electron chi connectivity index (χ0n) is 14.9. The second kappa shape index (κ2) is 9.38. The number of hydrogen-bond acceptors (Lipinski definition) is 2. The lowest BCUT2D eigenvalue weighted by Gasteiger charge is -2.24. The van der Waals surface area contributed by atoms with Crippen molar-refractivity contribution >= 4 is 5.91 Å². The minimum atomic E-state index is 0.306. The van der Waals surface area contributed by atoms with E-state index >= 15 is 0 Å².